The second-order valence-corrected chi connectivity index (χ2v) is 7.30. The van der Waals surface area contributed by atoms with E-state index in [1.165, 1.54) is 4.90 Å². The van der Waals surface area contributed by atoms with E-state index in [1.54, 1.807) is 18.5 Å². The second kappa shape index (κ2) is 6.71. The van der Waals surface area contributed by atoms with Gasteiger partial charge in [-0.3, -0.25) is 4.98 Å². The summed E-state index contributed by atoms with van der Waals surface area (Å²) in [6.45, 7) is 5.81. The number of quaternary nitrogens is 1. The molecule has 1 aliphatic carbocycles. The molecule has 2 N–H and O–H groups in total. The standard InChI is InChI=1S/C20H20N6/c1-13(2)26-7-5-15-16(8-21)19(24)20(11-22,12-23)18(17(15)10-26)14-4-3-6-25-9-14/h3-6,9,13,16-18,24H,7,10H2,1-2H3/p+1/t16?,17-,18-/m0/s1. The van der Waals surface area contributed by atoms with Gasteiger partial charge in [-0.1, -0.05) is 6.07 Å². The maximum absolute atomic E-state index is 9.95. The molecule has 130 valence electrons. The van der Waals surface area contributed by atoms with Gasteiger partial charge in [0.25, 0.3) is 0 Å². The quantitative estimate of drug-likeness (QED) is 0.785. The first kappa shape index (κ1) is 17.8. The number of pyridine rings is 1. The molecule has 0 aromatic carbocycles. The zero-order valence-electron chi connectivity index (χ0n) is 14.9. The Labute approximate surface area is 153 Å². The van der Waals surface area contributed by atoms with Crippen LogP contribution in [0.3, 0.4) is 0 Å². The molecule has 6 heteroatoms. The van der Waals surface area contributed by atoms with Crippen LogP contribution in [-0.2, 0) is 0 Å². The first-order chi connectivity index (χ1) is 12.5. The fourth-order valence-corrected chi connectivity index (χ4v) is 4.33. The Morgan fingerprint density at radius 1 is 1.31 bits per heavy atom. The Morgan fingerprint density at radius 2 is 2.04 bits per heavy atom. The van der Waals surface area contributed by atoms with E-state index in [1.807, 2.05) is 12.1 Å². The highest BCUT2D eigenvalue weighted by Gasteiger charge is 2.58. The number of hydrogen-bond acceptors (Lipinski definition) is 5. The van der Waals surface area contributed by atoms with E-state index in [4.69, 9.17) is 5.41 Å². The Hall–Kier alpha value is -3.01. The van der Waals surface area contributed by atoms with E-state index in [0.29, 0.717) is 6.04 Å². The molecule has 1 aromatic heterocycles. The van der Waals surface area contributed by atoms with Gasteiger partial charge in [0.2, 0.25) is 0 Å². The van der Waals surface area contributed by atoms with Gasteiger partial charge in [0, 0.05) is 24.2 Å². The smallest absolute Gasteiger partial charge is 0.190 e. The summed E-state index contributed by atoms with van der Waals surface area (Å²) >= 11 is 0. The SMILES string of the molecule is CC(C)[NH+]1CC=C2C(C#N)C(=N)C(C#N)(C#N)[C@@H](c3cccnc3)[C@H]2C1. The van der Waals surface area contributed by atoms with E-state index in [-0.39, 0.29) is 11.6 Å². The van der Waals surface area contributed by atoms with Crippen molar-refractivity contribution in [2.45, 2.75) is 25.8 Å². The highest BCUT2D eigenvalue weighted by Crippen LogP contribution is 2.52. The van der Waals surface area contributed by atoms with Crippen LogP contribution >= 0.6 is 0 Å². The van der Waals surface area contributed by atoms with Crippen molar-refractivity contribution in [1.82, 2.24) is 4.98 Å². The highest BCUT2D eigenvalue weighted by atomic mass is 15.2. The third kappa shape index (κ3) is 2.49. The van der Waals surface area contributed by atoms with Crippen molar-refractivity contribution in [3.8, 4) is 18.2 Å². The summed E-state index contributed by atoms with van der Waals surface area (Å²) in [5.74, 6) is -1.44. The minimum atomic E-state index is -1.65. The molecule has 2 heterocycles. The zero-order valence-corrected chi connectivity index (χ0v) is 14.9. The highest BCUT2D eigenvalue weighted by molar-refractivity contribution is 6.00. The van der Waals surface area contributed by atoms with Crippen molar-refractivity contribution in [2.75, 3.05) is 13.1 Å². The van der Waals surface area contributed by atoms with Crippen LogP contribution in [0.15, 0.2) is 36.2 Å². The average molecular weight is 345 g/mol. The van der Waals surface area contributed by atoms with Crippen molar-refractivity contribution >= 4 is 5.71 Å². The number of fused-ring (bicyclic) bond motifs is 1. The van der Waals surface area contributed by atoms with Gasteiger partial charge >= 0.3 is 0 Å². The lowest BCUT2D eigenvalue weighted by Crippen LogP contribution is -3.16. The van der Waals surface area contributed by atoms with Crippen LogP contribution in [0.1, 0.15) is 25.3 Å². The van der Waals surface area contributed by atoms with Crippen LogP contribution in [0.2, 0.25) is 0 Å². The largest absolute Gasteiger partial charge is 0.329 e. The molecule has 26 heavy (non-hydrogen) atoms. The third-order valence-corrected chi connectivity index (χ3v) is 5.77. The molecule has 2 aliphatic rings. The van der Waals surface area contributed by atoms with E-state index < -0.39 is 17.3 Å². The minimum absolute atomic E-state index is 0.102. The van der Waals surface area contributed by atoms with Gasteiger partial charge in [-0.25, -0.2) is 0 Å². The lowest BCUT2D eigenvalue weighted by atomic mass is 9.54. The summed E-state index contributed by atoms with van der Waals surface area (Å²) in [5, 5.41) is 38.1. The van der Waals surface area contributed by atoms with Gasteiger partial charge < -0.3 is 10.3 Å². The molecule has 6 nitrogen and oxygen atoms in total. The predicted molar refractivity (Wildman–Crippen MR) is 94.9 cm³/mol. The second-order valence-electron chi connectivity index (χ2n) is 7.30. The summed E-state index contributed by atoms with van der Waals surface area (Å²) in [7, 11) is 0. The summed E-state index contributed by atoms with van der Waals surface area (Å²) in [5.41, 5.74) is -0.0888. The third-order valence-electron chi connectivity index (χ3n) is 5.77. The molecule has 0 bridgehead atoms. The number of aromatic nitrogens is 1. The fourth-order valence-electron chi connectivity index (χ4n) is 4.33. The molecule has 0 radical (unpaired) electrons. The number of nitriles is 3. The molecule has 0 saturated heterocycles. The number of rotatable bonds is 2. The summed E-state index contributed by atoms with van der Waals surface area (Å²) in [6.07, 6.45) is 5.38. The van der Waals surface area contributed by atoms with Crippen molar-refractivity contribution in [3.05, 3.63) is 41.7 Å². The molecule has 0 spiro atoms. The lowest BCUT2D eigenvalue weighted by molar-refractivity contribution is -0.920. The van der Waals surface area contributed by atoms with E-state index >= 15 is 0 Å². The van der Waals surface area contributed by atoms with Gasteiger partial charge in [-0.05, 0) is 37.1 Å². The van der Waals surface area contributed by atoms with Crippen LogP contribution in [0.4, 0.5) is 0 Å². The predicted octanol–water partition coefficient (Wildman–Crippen LogP) is 1.22. The number of nitrogens with zero attached hydrogens (tertiary/aromatic N) is 4. The molecule has 1 aliphatic heterocycles. The van der Waals surface area contributed by atoms with Gasteiger partial charge in [0.05, 0.1) is 43.1 Å². The minimum Gasteiger partial charge on any atom is -0.329 e. The maximum Gasteiger partial charge on any atom is 0.190 e. The van der Waals surface area contributed by atoms with Crippen LogP contribution in [0.25, 0.3) is 0 Å². The van der Waals surface area contributed by atoms with E-state index in [0.717, 1.165) is 24.2 Å². The average Bonchev–Trinajstić information content (AvgIpc) is 2.67. The fraction of sp³-hybridized carbons (Fsp3) is 0.450. The Bertz CT molecular complexity index is 850. The monoisotopic (exact) mass is 345 g/mol. The van der Waals surface area contributed by atoms with Crippen LogP contribution in [0, 0.1) is 56.7 Å². The molecule has 0 amide bonds. The lowest BCUT2D eigenvalue weighted by Gasteiger charge is -2.46. The van der Waals surface area contributed by atoms with Crippen LogP contribution in [-0.4, -0.2) is 29.8 Å². The summed E-state index contributed by atoms with van der Waals surface area (Å²) in [6, 6.07) is 10.4. The molecular formula is C20H21N6+. The molecular weight excluding hydrogens is 324 g/mol. The molecule has 2 unspecified atom stereocenters. The van der Waals surface area contributed by atoms with E-state index in [2.05, 4.69) is 37.0 Å². The Balaban J connectivity index is 2.23. The van der Waals surface area contributed by atoms with Crippen molar-refractivity contribution in [1.29, 1.82) is 21.2 Å². The number of nitrogens with one attached hydrogen (secondary N) is 2. The van der Waals surface area contributed by atoms with Crippen LogP contribution in [0.5, 0.6) is 0 Å². The molecule has 1 aromatic rings. The molecule has 3 rings (SSSR count). The zero-order chi connectivity index (χ0) is 18.9. The van der Waals surface area contributed by atoms with Crippen molar-refractivity contribution < 1.29 is 4.90 Å². The summed E-state index contributed by atoms with van der Waals surface area (Å²) < 4.78 is 0. The van der Waals surface area contributed by atoms with Gasteiger partial charge in [-0.15, -0.1) is 0 Å². The van der Waals surface area contributed by atoms with Gasteiger partial charge in [0.1, 0.15) is 5.92 Å². The molecule has 4 atom stereocenters. The number of hydrogen-bond donors (Lipinski definition) is 2. The summed E-state index contributed by atoms with van der Waals surface area (Å²) in [4.78, 5) is 5.52. The first-order valence-electron chi connectivity index (χ1n) is 8.75. The van der Waals surface area contributed by atoms with Gasteiger partial charge in [-0.2, -0.15) is 15.8 Å². The topological polar surface area (TPSA) is 113 Å². The van der Waals surface area contributed by atoms with E-state index in [9.17, 15) is 15.8 Å². The molecule has 1 saturated carbocycles. The Morgan fingerprint density at radius 3 is 2.58 bits per heavy atom. The van der Waals surface area contributed by atoms with Crippen LogP contribution < -0.4 is 4.90 Å². The normalized spacial score (nSPS) is 29.7. The maximum atomic E-state index is 9.95. The van der Waals surface area contributed by atoms with Gasteiger partial charge in [0.15, 0.2) is 5.41 Å². The van der Waals surface area contributed by atoms with Crippen molar-refractivity contribution in [2.24, 2.45) is 17.3 Å². The molecule has 1 fully saturated rings. The first-order valence-corrected chi connectivity index (χ1v) is 8.75. The Kier molecular flexibility index (Phi) is 4.60. The van der Waals surface area contributed by atoms with Crippen molar-refractivity contribution in [3.63, 3.8) is 0 Å².